The van der Waals surface area contributed by atoms with Gasteiger partial charge in [0.25, 0.3) is 5.91 Å². The first-order chi connectivity index (χ1) is 19.5. The molecule has 0 radical (unpaired) electrons. The molecule has 1 aliphatic rings. The fraction of sp³-hybridized carbons (Fsp3) is 0.393. The van der Waals surface area contributed by atoms with E-state index >= 15 is 0 Å². The van der Waals surface area contributed by atoms with Crippen LogP contribution in [0.15, 0.2) is 53.1 Å². The molecule has 0 bridgehead atoms. The zero-order valence-electron chi connectivity index (χ0n) is 22.9. The van der Waals surface area contributed by atoms with Crippen LogP contribution in [0.3, 0.4) is 0 Å². The van der Waals surface area contributed by atoms with Gasteiger partial charge in [0.05, 0.1) is 23.8 Å². The lowest BCUT2D eigenvalue weighted by Gasteiger charge is -2.33. The van der Waals surface area contributed by atoms with Gasteiger partial charge in [-0.25, -0.2) is 4.39 Å². The predicted molar refractivity (Wildman–Crippen MR) is 148 cm³/mol. The molecule has 1 aliphatic heterocycles. The average Bonchev–Trinajstić information content (AvgIpc) is 3.53. The first-order valence-corrected chi connectivity index (χ1v) is 13.1. The minimum absolute atomic E-state index is 0.0332. The van der Waals surface area contributed by atoms with E-state index in [4.69, 9.17) is 4.52 Å². The van der Waals surface area contributed by atoms with Crippen molar-refractivity contribution in [3.63, 3.8) is 0 Å². The Morgan fingerprint density at radius 2 is 1.95 bits per heavy atom. The summed E-state index contributed by atoms with van der Waals surface area (Å²) in [6.45, 7) is -0.411. The Kier molecular flexibility index (Phi) is 7.89. The van der Waals surface area contributed by atoms with Crippen LogP contribution in [0.2, 0.25) is 0 Å². The minimum Gasteiger partial charge on any atom is -0.379 e. The number of amides is 1. The van der Waals surface area contributed by atoms with E-state index in [1.807, 2.05) is 37.0 Å². The molecule has 2 N–H and O–H groups in total. The monoisotopic (exact) mass is 573 g/mol. The Morgan fingerprint density at radius 3 is 2.68 bits per heavy atom. The number of carbonyl (C=O) groups is 1. The third kappa shape index (κ3) is 6.45. The fourth-order valence-corrected chi connectivity index (χ4v) is 4.98. The van der Waals surface area contributed by atoms with Crippen LogP contribution in [0, 0.1) is 0 Å². The number of nitrogens with zero attached hydrogens (tertiary/aromatic N) is 5. The maximum Gasteiger partial charge on any atom is 0.406 e. The number of carbonyl (C=O) groups excluding carboxylic acids is 1. The first-order valence-electron chi connectivity index (χ1n) is 13.1. The van der Waals surface area contributed by atoms with Crippen molar-refractivity contribution in [1.82, 2.24) is 24.9 Å². The molecule has 2 atom stereocenters. The van der Waals surface area contributed by atoms with Crippen molar-refractivity contribution in [3.8, 4) is 11.5 Å². The molecule has 218 valence electrons. The fourth-order valence-electron chi connectivity index (χ4n) is 4.98. The van der Waals surface area contributed by atoms with Gasteiger partial charge in [0.1, 0.15) is 12.7 Å². The van der Waals surface area contributed by atoms with E-state index in [1.165, 1.54) is 0 Å². The van der Waals surface area contributed by atoms with Crippen molar-refractivity contribution in [2.24, 2.45) is 0 Å². The van der Waals surface area contributed by atoms with Crippen LogP contribution in [-0.4, -0.2) is 78.1 Å². The summed E-state index contributed by atoms with van der Waals surface area (Å²) < 4.78 is 62.0. The van der Waals surface area contributed by atoms with Crippen molar-refractivity contribution in [2.75, 3.05) is 44.4 Å². The van der Waals surface area contributed by atoms with Crippen LogP contribution in [0.25, 0.3) is 22.4 Å². The average molecular weight is 574 g/mol. The highest BCUT2D eigenvalue weighted by Crippen LogP contribution is 2.35. The van der Waals surface area contributed by atoms with Crippen molar-refractivity contribution in [3.05, 3.63) is 60.0 Å². The Bertz CT molecular complexity index is 1530. The molecule has 0 aliphatic carbocycles. The highest BCUT2D eigenvalue weighted by atomic mass is 19.4. The van der Waals surface area contributed by atoms with Crippen LogP contribution in [0.4, 0.5) is 28.9 Å². The van der Waals surface area contributed by atoms with Gasteiger partial charge in [0, 0.05) is 49.5 Å². The van der Waals surface area contributed by atoms with Gasteiger partial charge >= 0.3 is 6.18 Å². The number of anilines is 2. The summed E-state index contributed by atoms with van der Waals surface area (Å²) in [6.07, 6.45) is -5.09. The third-order valence-corrected chi connectivity index (χ3v) is 7.09. The number of piperidine rings is 1. The van der Waals surface area contributed by atoms with Gasteiger partial charge in [-0.2, -0.15) is 18.2 Å². The van der Waals surface area contributed by atoms with E-state index in [9.17, 15) is 22.4 Å². The standard InChI is InChI=1S/C28H31F4N7O2/c1-37(2)18-7-4-6-17(12-18)27(40)33-14-25-35-26(36-41-25)24-13-19-21(34-22-10-11-38(3)15-20(22)29)8-5-9-23(19)39(24)16-28(30,31)32/h4-9,12-13,20,22,34H,10-11,14-16H2,1-3H3,(H,33,40)/t20-,22+/m0/s1. The second kappa shape index (κ2) is 11.4. The summed E-state index contributed by atoms with van der Waals surface area (Å²) in [4.78, 5) is 20.7. The SMILES string of the molecule is CN1CC[C@@H](Nc2cccc3c2cc(-c2noc(CNC(=O)c4cccc(N(C)C)c4)n2)n3CC(F)(F)F)[C@@H](F)C1. The smallest absolute Gasteiger partial charge is 0.379 e. The predicted octanol–water partition coefficient (Wildman–Crippen LogP) is 4.70. The molecule has 2 aromatic heterocycles. The van der Waals surface area contributed by atoms with Crippen LogP contribution in [-0.2, 0) is 13.1 Å². The van der Waals surface area contributed by atoms with E-state index in [0.717, 1.165) is 10.3 Å². The Hall–Kier alpha value is -4.13. The molecule has 5 rings (SSSR count). The Balaban J connectivity index is 1.41. The quantitative estimate of drug-likeness (QED) is 0.295. The lowest BCUT2D eigenvalue weighted by atomic mass is 10.0. The number of hydrogen-bond acceptors (Lipinski definition) is 7. The number of alkyl halides is 4. The van der Waals surface area contributed by atoms with Gasteiger partial charge in [0.15, 0.2) is 0 Å². The number of fused-ring (bicyclic) bond motifs is 1. The molecule has 1 saturated heterocycles. The van der Waals surface area contributed by atoms with Crippen molar-refractivity contribution in [2.45, 2.75) is 37.9 Å². The van der Waals surface area contributed by atoms with E-state index in [1.54, 1.807) is 42.5 Å². The summed E-state index contributed by atoms with van der Waals surface area (Å²) in [5.74, 6) is -0.390. The molecule has 0 unspecified atom stereocenters. The molecular weight excluding hydrogens is 542 g/mol. The molecule has 2 aromatic carbocycles. The van der Waals surface area contributed by atoms with Crippen LogP contribution < -0.4 is 15.5 Å². The Labute approximate surface area is 234 Å². The minimum atomic E-state index is -4.52. The molecule has 1 fully saturated rings. The molecule has 41 heavy (non-hydrogen) atoms. The number of nitrogens with one attached hydrogen (secondary N) is 2. The topological polar surface area (TPSA) is 91.5 Å². The summed E-state index contributed by atoms with van der Waals surface area (Å²) in [5, 5.41) is 10.3. The summed E-state index contributed by atoms with van der Waals surface area (Å²) in [6, 6.07) is 13.0. The molecule has 3 heterocycles. The van der Waals surface area contributed by atoms with Gasteiger partial charge in [-0.15, -0.1) is 0 Å². The largest absolute Gasteiger partial charge is 0.406 e. The molecule has 1 amide bonds. The number of hydrogen-bond donors (Lipinski definition) is 2. The van der Waals surface area contributed by atoms with E-state index < -0.39 is 24.9 Å². The van der Waals surface area contributed by atoms with E-state index in [0.29, 0.717) is 35.1 Å². The number of likely N-dealkylation sites (tertiary alicyclic amines) is 1. The molecule has 13 heteroatoms. The second-order valence-corrected chi connectivity index (χ2v) is 10.4. The summed E-state index contributed by atoms with van der Waals surface area (Å²) in [7, 11) is 5.57. The van der Waals surface area contributed by atoms with Gasteiger partial charge < -0.3 is 29.5 Å². The van der Waals surface area contributed by atoms with Crippen molar-refractivity contribution >= 4 is 28.2 Å². The molecule has 4 aromatic rings. The molecule has 0 saturated carbocycles. The van der Waals surface area contributed by atoms with E-state index in [-0.39, 0.29) is 36.4 Å². The van der Waals surface area contributed by atoms with Crippen LogP contribution in [0.5, 0.6) is 0 Å². The highest BCUT2D eigenvalue weighted by molar-refractivity contribution is 5.96. The molecule has 9 nitrogen and oxygen atoms in total. The maximum absolute atomic E-state index is 14.7. The first kappa shape index (κ1) is 28.4. The van der Waals surface area contributed by atoms with Gasteiger partial charge in [0.2, 0.25) is 11.7 Å². The number of rotatable bonds is 8. The lowest BCUT2D eigenvalue weighted by Crippen LogP contribution is -2.46. The summed E-state index contributed by atoms with van der Waals surface area (Å²) in [5.41, 5.74) is 2.19. The zero-order chi connectivity index (χ0) is 29.3. The van der Waals surface area contributed by atoms with Crippen LogP contribution in [0.1, 0.15) is 22.7 Å². The van der Waals surface area contributed by atoms with Gasteiger partial charge in [-0.3, -0.25) is 4.79 Å². The number of benzene rings is 2. The zero-order valence-corrected chi connectivity index (χ0v) is 22.9. The maximum atomic E-state index is 14.7. The lowest BCUT2D eigenvalue weighted by molar-refractivity contribution is -0.139. The highest BCUT2D eigenvalue weighted by Gasteiger charge is 2.32. The Morgan fingerprint density at radius 1 is 1.17 bits per heavy atom. The summed E-state index contributed by atoms with van der Waals surface area (Å²) >= 11 is 0. The second-order valence-electron chi connectivity index (χ2n) is 10.4. The van der Waals surface area contributed by atoms with Gasteiger partial charge in [-0.1, -0.05) is 17.3 Å². The third-order valence-electron chi connectivity index (χ3n) is 7.09. The number of aromatic nitrogens is 3. The van der Waals surface area contributed by atoms with Crippen molar-refractivity contribution in [1.29, 1.82) is 0 Å². The molecule has 0 spiro atoms. The van der Waals surface area contributed by atoms with Crippen molar-refractivity contribution < 1.29 is 26.9 Å². The normalized spacial score (nSPS) is 18.0. The molecular formula is C28H31F4N7O2. The van der Waals surface area contributed by atoms with E-state index in [2.05, 4.69) is 20.8 Å². The van der Waals surface area contributed by atoms with Crippen LogP contribution >= 0.6 is 0 Å². The number of halogens is 4. The van der Waals surface area contributed by atoms with Gasteiger partial charge in [-0.05, 0) is 49.9 Å².